The van der Waals surface area contributed by atoms with Gasteiger partial charge in [0.1, 0.15) is 5.78 Å². The molecule has 0 aliphatic heterocycles. The molecule has 13 heavy (non-hydrogen) atoms. The molecule has 3 heteroatoms. The predicted molar refractivity (Wildman–Crippen MR) is 57.3 cm³/mol. The summed E-state index contributed by atoms with van der Waals surface area (Å²) in [6, 6.07) is 0. The SMILES string of the molecule is CCCCS(=O)CCCC(=O)CC. The van der Waals surface area contributed by atoms with Crippen LogP contribution in [0.2, 0.25) is 0 Å². The molecule has 0 heterocycles. The molecule has 1 atom stereocenters. The van der Waals surface area contributed by atoms with Crippen LogP contribution < -0.4 is 0 Å². The summed E-state index contributed by atoms with van der Waals surface area (Å²) >= 11 is 0. The van der Waals surface area contributed by atoms with E-state index in [9.17, 15) is 9.00 Å². The Morgan fingerprint density at radius 3 is 2.31 bits per heavy atom. The quantitative estimate of drug-likeness (QED) is 0.608. The van der Waals surface area contributed by atoms with Crippen LogP contribution >= 0.6 is 0 Å². The Balaban J connectivity index is 3.31. The molecule has 0 bridgehead atoms. The summed E-state index contributed by atoms with van der Waals surface area (Å²) in [7, 11) is -0.691. The van der Waals surface area contributed by atoms with Gasteiger partial charge in [-0.05, 0) is 12.8 Å². The smallest absolute Gasteiger partial charge is 0.132 e. The number of rotatable bonds is 8. The fourth-order valence-electron chi connectivity index (χ4n) is 1.01. The van der Waals surface area contributed by atoms with E-state index < -0.39 is 10.8 Å². The van der Waals surface area contributed by atoms with Gasteiger partial charge >= 0.3 is 0 Å². The summed E-state index contributed by atoms with van der Waals surface area (Å²) in [5.41, 5.74) is 0. The Bertz CT molecular complexity index is 166. The molecule has 78 valence electrons. The molecule has 0 saturated carbocycles. The van der Waals surface area contributed by atoms with E-state index in [2.05, 4.69) is 6.92 Å². The largest absolute Gasteiger partial charge is 0.300 e. The lowest BCUT2D eigenvalue weighted by atomic mass is 10.2. The first kappa shape index (κ1) is 12.8. The number of hydrogen-bond acceptors (Lipinski definition) is 2. The maximum atomic E-state index is 11.3. The molecular formula is C10H20O2S. The lowest BCUT2D eigenvalue weighted by molar-refractivity contribution is -0.118. The Kier molecular flexibility index (Phi) is 8.30. The molecule has 0 spiro atoms. The van der Waals surface area contributed by atoms with E-state index in [0.717, 1.165) is 25.0 Å². The minimum atomic E-state index is -0.691. The van der Waals surface area contributed by atoms with Crippen molar-refractivity contribution in [1.82, 2.24) is 0 Å². The van der Waals surface area contributed by atoms with Gasteiger partial charge in [0.2, 0.25) is 0 Å². The zero-order chi connectivity index (χ0) is 10.1. The Hall–Kier alpha value is -0.180. The molecule has 1 unspecified atom stereocenters. The highest BCUT2D eigenvalue weighted by Gasteiger charge is 2.01. The molecule has 0 aliphatic rings. The minimum Gasteiger partial charge on any atom is -0.300 e. The van der Waals surface area contributed by atoms with E-state index in [0.29, 0.717) is 18.6 Å². The fraction of sp³-hybridized carbons (Fsp3) is 0.900. The first-order valence-electron chi connectivity index (χ1n) is 5.07. The van der Waals surface area contributed by atoms with Gasteiger partial charge in [0.05, 0.1) is 0 Å². The number of ketones is 1. The third-order valence-corrected chi connectivity index (χ3v) is 3.44. The number of hydrogen-bond donors (Lipinski definition) is 0. The van der Waals surface area contributed by atoms with Crippen molar-refractivity contribution in [1.29, 1.82) is 0 Å². The lowest BCUT2D eigenvalue weighted by Crippen LogP contribution is -2.05. The predicted octanol–water partition coefficient (Wildman–Crippen LogP) is 2.29. The Labute approximate surface area is 83.6 Å². The third kappa shape index (κ3) is 8.16. The second-order valence-corrected chi connectivity index (χ2v) is 4.89. The van der Waals surface area contributed by atoms with Crippen LogP contribution in [0.5, 0.6) is 0 Å². The van der Waals surface area contributed by atoms with E-state index in [1.54, 1.807) is 0 Å². The van der Waals surface area contributed by atoms with Gasteiger partial charge < -0.3 is 0 Å². The van der Waals surface area contributed by atoms with Crippen molar-refractivity contribution >= 4 is 16.6 Å². The van der Waals surface area contributed by atoms with Gasteiger partial charge in [0.15, 0.2) is 0 Å². The zero-order valence-corrected chi connectivity index (χ0v) is 9.49. The van der Waals surface area contributed by atoms with Gasteiger partial charge in [-0.1, -0.05) is 20.3 Å². The number of unbranched alkanes of at least 4 members (excludes halogenated alkanes) is 1. The maximum Gasteiger partial charge on any atom is 0.132 e. The molecule has 2 nitrogen and oxygen atoms in total. The van der Waals surface area contributed by atoms with Crippen LogP contribution in [0.25, 0.3) is 0 Å². The van der Waals surface area contributed by atoms with Crippen molar-refractivity contribution in [3.05, 3.63) is 0 Å². The van der Waals surface area contributed by atoms with Crippen LogP contribution in [0.4, 0.5) is 0 Å². The summed E-state index contributed by atoms with van der Waals surface area (Å²) in [6.07, 6.45) is 4.15. The van der Waals surface area contributed by atoms with E-state index in [1.165, 1.54) is 0 Å². The second kappa shape index (κ2) is 8.42. The molecular weight excluding hydrogens is 184 g/mol. The van der Waals surface area contributed by atoms with Crippen molar-refractivity contribution in [2.75, 3.05) is 11.5 Å². The summed E-state index contributed by atoms with van der Waals surface area (Å²) in [6.45, 7) is 3.97. The van der Waals surface area contributed by atoms with Crippen molar-refractivity contribution < 1.29 is 9.00 Å². The fourth-order valence-corrected chi connectivity index (χ4v) is 2.30. The maximum absolute atomic E-state index is 11.3. The van der Waals surface area contributed by atoms with Crippen molar-refractivity contribution in [3.63, 3.8) is 0 Å². The summed E-state index contributed by atoms with van der Waals surface area (Å²) in [5.74, 6) is 1.79. The zero-order valence-electron chi connectivity index (χ0n) is 8.67. The average Bonchev–Trinajstić information content (AvgIpc) is 2.14. The van der Waals surface area contributed by atoms with Crippen LogP contribution in [0, 0.1) is 0 Å². The number of Topliss-reactive ketones (excluding diaryl/α,β-unsaturated/α-hetero) is 1. The molecule has 0 fully saturated rings. The van der Waals surface area contributed by atoms with Crippen LogP contribution in [-0.4, -0.2) is 21.5 Å². The summed E-state index contributed by atoms with van der Waals surface area (Å²) in [4.78, 5) is 10.9. The highest BCUT2D eigenvalue weighted by atomic mass is 32.2. The third-order valence-electron chi connectivity index (χ3n) is 1.95. The highest BCUT2D eigenvalue weighted by molar-refractivity contribution is 7.84. The van der Waals surface area contributed by atoms with E-state index in [4.69, 9.17) is 0 Å². The normalized spacial score (nSPS) is 12.8. The molecule has 0 radical (unpaired) electrons. The molecule has 0 rings (SSSR count). The molecule has 0 saturated heterocycles. The van der Waals surface area contributed by atoms with Crippen molar-refractivity contribution in [2.24, 2.45) is 0 Å². The van der Waals surface area contributed by atoms with Gasteiger partial charge in [-0.2, -0.15) is 0 Å². The molecule has 0 aromatic heterocycles. The molecule has 0 N–H and O–H groups in total. The first-order chi connectivity index (χ1) is 6.20. The van der Waals surface area contributed by atoms with Crippen molar-refractivity contribution in [2.45, 2.75) is 46.0 Å². The highest BCUT2D eigenvalue weighted by Crippen LogP contribution is 1.99. The molecule has 0 amide bonds. The van der Waals surface area contributed by atoms with Crippen LogP contribution in [0.1, 0.15) is 46.0 Å². The van der Waals surface area contributed by atoms with E-state index in [1.807, 2.05) is 6.92 Å². The first-order valence-corrected chi connectivity index (χ1v) is 6.56. The standard InChI is InChI=1S/C10H20O2S/c1-3-5-8-13(12)9-6-7-10(11)4-2/h3-9H2,1-2H3. The molecule has 0 aromatic carbocycles. The molecule has 0 aromatic rings. The second-order valence-electron chi connectivity index (χ2n) is 3.20. The summed E-state index contributed by atoms with van der Waals surface area (Å²) < 4.78 is 11.3. The topological polar surface area (TPSA) is 34.1 Å². The lowest BCUT2D eigenvalue weighted by Gasteiger charge is -2.00. The van der Waals surface area contributed by atoms with Crippen molar-refractivity contribution in [3.8, 4) is 0 Å². The Morgan fingerprint density at radius 1 is 1.15 bits per heavy atom. The Morgan fingerprint density at radius 2 is 1.77 bits per heavy atom. The monoisotopic (exact) mass is 204 g/mol. The average molecular weight is 204 g/mol. The van der Waals surface area contributed by atoms with Gasteiger partial charge in [-0.3, -0.25) is 9.00 Å². The minimum absolute atomic E-state index is 0.285. The van der Waals surface area contributed by atoms with E-state index >= 15 is 0 Å². The van der Waals surface area contributed by atoms with Gasteiger partial charge in [0.25, 0.3) is 0 Å². The van der Waals surface area contributed by atoms with Gasteiger partial charge in [-0.25, -0.2) is 0 Å². The van der Waals surface area contributed by atoms with Gasteiger partial charge in [0, 0.05) is 35.1 Å². The van der Waals surface area contributed by atoms with Gasteiger partial charge in [-0.15, -0.1) is 0 Å². The molecule has 0 aliphatic carbocycles. The van der Waals surface area contributed by atoms with Crippen LogP contribution in [0.3, 0.4) is 0 Å². The van der Waals surface area contributed by atoms with Crippen LogP contribution in [0.15, 0.2) is 0 Å². The number of carbonyl (C=O) groups is 1. The number of carbonyl (C=O) groups excluding carboxylic acids is 1. The summed E-state index contributed by atoms with van der Waals surface area (Å²) in [5, 5.41) is 0. The van der Waals surface area contributed by atoms with E-state index in [-0.39, 0.29) is 5.78 Å². The van der Waals surface area contributed by atoms with Crippen LogP contribution in [-0.2, 0) is 15.6 Å².